The van der Waals surface area contributed by atoms with Crippen LogP contribution in [0.5, 0.6) is 5.75 Å². The Morgan fingerprint density at radius 2 is 2.00 bits per heavy atom. The Balaban J connectivity index is 2.53. The Hall–Kier alpha value is -1.55. The maximum atomic E-state index is 9.17. The van der Waals surface area contributed by atoms with Gasteiger partial charge in [0, 0.05) is 12.4 Å². The van der Waals surface area contributed by atoms with Crippen molar-refractivity contribution < 1.29 is 5.11 Å². The van der Waals surface area contributed by atoms with Gasteiger partial charge in [-0.05, 0) is 12.1 Å². The van der Waals surface area contributed by atoms with Crippen molar-refractivity contribution in [3.05, 3.63) is 35.9 Å². The first-order valence-corrected chi connectivity index (χ1v) is 4.00. The van der Waals surface area contributed by atoms with Gasteiger partial charge in [0.05, 0.1) is 11.9 Å². The van der Waals surface area contributed by atoms with Crippen LogP contribution in [0.2, 0.25) is 5.15 Å². The van der Waals surface area contributed by atoms with Gasteiger partial charge in [0.2, 0.25) is 0 Å². The van der Waals surface area contributed by atoms with Gasteiger partial charge in [-0.1, -0.05) is 11.6 Å². The lowest BCUT2D eigenvalue weighted by Crippen LogP contribution is -1.95. The largest absolute Gasteiger partial charge is 0.504 e. The summed E-state index contributed by atoms with van der Waals surface area (Å²) in [5, 5.41) is 13.3. The van der Waals surface area contributed by atoms with E-state index in [1.165, 1.54) is 10.9 Å². The number of halogens is 1. The van der Waals surface area contributed by atoms with Gasteiger partial charge < -0.3 is 5.11 Å². The maximum absolute atomic E-state index is 9.17. The number of hydrogen-bond donors (Lipinski definition) is 1. The molecular formula is C8H6ClN3O. The van der Waals surface area contributed by atoms with E-state index in [0.717, 1.165) is 5.69 Å². The molecule has 0 saturated heterocycles. The summed E-state index contributed by atoms with van der Waals surface area (Å²) < 4.78 is 1.43. The van der Waals surface area contributed by atoms with Crippen molar-refractivity contribution in [3.8, 4) is 11.4 Å². The molecule has 0 amide bonds. The summed E-state index contributed by atoms with van der Waals surface area (Å²) in [7, 11) is 0. The topological polar surface area (TPSA) is 50.9 Å². The molecule has 4 nitrogen and oxygen atoms in total. The van der Waals surface area contributed by atoms with Crippen molar-refractivity contribution in [2.75, 3.05) is 0 Å². The van der Waals surface area contributed by atoms with Crippen LogP contribution >= 0.6 is 11.6 Å². The van der Waals surface area contributed by atoms with Gasteiger partial charge in [-0.15, -0.1) is 0 Å². The molecule has 0 atom stereocenters. The Morgan fingerprint density at radius 3 is 2.54 bits per heavy atom. The van der Waals surface area contributed by atoms with Crippen molar-refractivity contribution in [2.24, 2.45) is 0 Å². The molecule has 0 unspecified atom stereocenters. The van der Waals surface area contributed by atoms with Crippen LogP contribution in [0.1, 0.15) is 0 Å². The van der Waals surface area contributed by atoms with E-state index in [4.69, 9.17) is 11.6 Å². The lowest BCUT2D eigenvalue weighted by atomic mass is 10.4. The van der Waals surface area contributed by atoms with Crippen LogP contribution in [0.15, 0.2) is 30.7 Å². The number of aromatic hydroxyl groups is 1. The summed E-state index contributed by atoms with van der Waals surface area (Å²) in [5.74, 6) is -0.0292. The smallest absolute Gasteiger partial charge is 0.174 e. The monoisotopic (exact) mass is 195 g/mol. The summed E-state index contributed by atoms with van der Waals surface area (Å²) in [6, 6.07) is 3.50. The van der Waals surface area contributed by atoms with E-state index in [1.54, 1.807) is 24.5 Å². The molecule has 0 aliphatic carbocycles. The molecule has 66 valence electrons. The first-order chi connectivity index (χ1) is 6.29. The van der Waals surface area contributed by atoms with Gasteiger partial charge in [0.25, 0.3) is 0 Å². The fourth-order valence-corrected chi connectivity index (χ4v) is 1.18. The lowest BCUT2D eigenvalue weighted by molar-refractivity contribution is 0.475. The third-order valence-electron chi connectivity index (χ3n) is 1.60. The molecule has 0 fully saturated rings. The van der Waals surface area contributed by atoms with Crippen LogP contribution in [0.4, 0.5) is 0 Å². The normalized spacial score (nSPS) is 10.2. The van der Waals surface area contributed by atoms with Crippen LogP contribution in [-0.4, -0.2) is 19.9 Å². The zero-order valence-corrected chi connectivity index (χ0v) is 7.31. The van der Waals surface area contributed by atoms with Crippen LogP contribution in [0, 0.1) is 0 Å². The third kappa shape index (κ3) is 1.36. The molecule has 2 aromatic heterocycles. The second kappa shape index (κ2) is 3.06. The van der Waals surface area contributed by atoms with Crippen molar-refractivity contribution >= 4 is 11.6 Å². The van der Waals surface area contributed by atoms with Gasteiger partial charge in [-0.2, -0.15) is 5.10 Å². The fourth-order valence-electron chi connectivity index (χ4n) is 0.990. The third-order valence-corrected chi connectivity index (χ3v) is 1.95. The minimum absolute atomic E-state index is 0.0292. The predicted octanol–water partition coefficient (Wildman–Crippen LogP) is 1.63. The molecule has 0 aliphatic heterocycles. The molecule has 0 radical (unpaired) electrons. The molecule has 0 bridgehead atoms. The number of rotatable bonds is 1. The average Bonchev–Trinajstić information content (AvgIpc) is 2.49. The van der Waals surface area contributed by atoms with Crippen LogP contribution in [-0.2, 0) is 0 Å². The molecule has 2 rings (SSSR count). The van der Waals surface area contributed by atoms with E-state index in [0.29, 0.717) is 0 Å². The summed E-state index contributed by atoms with van der Waals surface area (Å²) >= 11 is 5.77. The Kier molecular flexibility index (Phi) is 1.90. The zero-order chi connectivity index (χ0) is 9.26. The summed E-state index contributed by atoms with van der Waals surface area (Å²) in [4.78, 5) is 3.86. The second-order valence-electron chi connectivity index (χ2n) is 2.44. The first-order valence-electron chi connectivity index (χ1n) is 3.62. The van der Waals surface area contributed by atoms with E-state index < -0.39 is 0 Å². The molecule has 0 aliphatic rings. The quantitative estimate of drug-likeness (QED) is 0.753. The molecule has 1 N–H and O–H groups in total. The standard InChI is InChI=1S/C8H6ClN3O/c9-8-7(13)5-11-12(8)6-1-3-10-4-2-6/h1-5,13H. The number of aromatic nitrogens is 3. The maximum Gasteiger partial charge on any atom is 0.174 e. The fraction of sp³-hybridized carbons (Fsp3) is 0. The molecule has 13 heavy (non-hydrogen) atoms. The summed E-state index contributed by atoms with van der Waals surface area (Å²) in [5.41, 5.74) is 0.764. The van der Waals surface area contributed by atoms with Crippen LogP contribution in [0.25, 0.3) is 5.69 Å². The molecule has 2 heterocycles. The van der Waals surface area contributed by atoms with Gasteiger partial charge in [-0.3, -0.25) is 4.98 Å². The predicted molar refractivity (Wildman–Crippen MR) is 48.0 cm³/mol. The van der Waals surface area contributed by atoms with Gasteiger partial charge in [-0.25, -0.2) is 4.68 Å². The summed E-state index contributed by atoms with van der Waals surface area (Å²) in [6.45, 7) is 0. The second-order valence-corrected chi connectivity index (χ2v) is 2.80. The van der Waals surface area contributed by atoms with Crippen molar-refractivity contribution in [2.45, 2.75) is 0 Å². The minimum Gasteiger partial charge on any atom is -0.504 e. The molecule has 5 heteroatoms. The van der Waals surface area contributed by atoms with Gasteiger partial charge in [0.1, 0.15) is 0 Å². The van der Waals surface area contributed by atoms with Gasteiger partial charge >= 0.3 is 0 Å². The van der Waals surface area contributed by atoms with E-state index in [2.05, 4.69) is 10.1 Å². The van der Waals surface area contributed by atoms with E-state index in [9.17, 15) is 5.11 Å². The molecular weight excluding hydrogens is 190 g/mol. The minimum atomic E-state index is -0.0292. The number of nitrogens with zero attached hydrogens (tertiary/aromatic N) is 3. The Labute approximate surface area is 79.4 Å². The Bertz CT molecular complexity index is 413. The Morgan fingerprint density at radius 1 is 1.31 bits per heavy atom. The highest BCUT2D eigenvalue weighted by molar-refractivity contribution is 6.31. The summed E-state index contributed by atoms with van der Waals surface area (Å²) in [6.07, 6.45) is 4.55. The van der Waals surface area contributed by atoms with Crippen LogP contribution in [0.3, 0.4) is 0 Å². The highest BCUT2D eigenvalue weighted by Gasteiger charge is 2.07. The molecule has 2 aromatic rings. The SMILES string of the molecule is Oc1cnn(-c2ccncc2)c1Cl. The van der Waals surface area contributed by atoms with Crippen molar-refractivity contribution in [1.82, 2.24) is 14.8 Å². The molecule has 0 aromatic carbocycles. The van der Waals surface area contributed by atoms with E-state index in [-0.39, 0.29) is 10.9 Å². The molecule has 0 spiro atoms. The number of hydrogen-bond acceptors (Lipinski definition) is 3. The van der Waals surface area contributed by atoms with Crippen molar-refractivity contribution in [1.29, 1.82) is 0 Å². The van der Waals surface area contributed by atoms with E-state index in [1.807, 2.05) is 0 Å². The average molecular weight is 196 g/mol. The van der Waals surface area contributed by atoms with E-state index >= 15 is 0 Å². The van der Waals surface area contributed by atoms with Gasteiger partial charge in [0.15, 0.2) is 10.9 Å². The molecule has 0 saturated carbocycles. The van der Waals surface area contributed by atoms with Crippen LogP contribution < -0.4 is 0 Å². The van der Waals surface area contributed by atoms with Crippen molar-refractivity contribution in [3.63, 3.8) is 0 Å². The highest BCUT2D eigenvalue weighted by atomic mass is 35.5. The first kappa shape index (κ1) is 8.07. The lowest BCUT2D eigenvalue weighted by Gasteiger charge is -2.00. The zero-order valence-electron chi connectivity index (χ0n) is 6.55. The highest BCUT2D eigenvalue weighted by Crippen LogP contribution is 2.24. The number of pyridine rings is 1.